The Morgan fingerprint density at radius 2 is 2.03 bits per heavy atom. The van der Waals surface area contributed by atoms with E-state index in [0.29, 0.717) is 32.5 Å². The van der Waals surface area contributed by atoms with Crippen LogP contribution in [0.3, 0.4) is 0 Å². The van der Waals surface area contributed by atoms with Gasteiger partial charge in [-0.25, -0.2) is 9.78 Å². The van der Waals surface area contributed by atoms with Crippen LogP contribution in [0.1, 0.15) is 21.7 Å². The molecule has 34 heavy (non-hydrogen) atoms. The summed E-state index contributed by atoms with van der Waals surface area (Å²) < 4.78 is 11.6. The second-order valence-electron chi connectivity index (χ2n) is 7.39. The van der Waals surface area contributed by atoms with Crippen molar-refractivity contribution in [1.82, 2.24) is 9.55 Å². The molecule has 0 spiro atoms. The van der Waals surface area contributed by atoms with Crippen molar-refractivity contribution in [3.05, 3.63) is 87.1 Å². The van der Waals surface area contributed by atoms with Crippen LogP contribution in [-0.4, -0.2) is 34.3 Å². The summed E-state index contributed by atoms with van der Waals surface area (Å²) in [6.07, 6.45) is 1.52. The van der Waals surface area contributed by atoms with Crippen molar-refractivity contribution in [3.8, 4) is 0 Å². The van der Waals surface area contributed by atoms with Crippen molar-refractivity contribution in [2.45, 2.75) is 18.6 Å². The second kappa shape index (κ2) is 10.1. The van der Waals surface area contributed by atoms with Crippen LogP contribution in [0.2, 0.25) is 5.02 Å². The van der Waals surface area contributed by atoms with Gasteiger partial charge in [0.1, 0.15) is 5.76 Å². The number of nitrogens with zero attached hydrogens (tertiary/aromatic N) is 2. The van der Waals surface area contributed by atoms with Gasteiger partial charge < -0.3 is 14.5 Å². The first kappa shape index (κ1) is 23.6. The smallest absolute Gasteiger partial charge is 0.337 e. The van der Waals surface area contributed by atoms with E-state index in [0.717, 1.165) is 17.3 Å². The fourth-order valence-corrected chi connectivity index (χ4v) is 4.23. The number of furan rings is 1. The van der Waals surface area contributed by atoms with Gasteiger partial charge in [-0.05, 0) is 55.0 Å². The molecule has 4 rings (SSSR count). The van der Waals surface area contributed by atoms with E-state index in [4.69, 9.17) is 20.8 Å². The molecule has 4 aromatic rings. The number of amides is 1. The van der Waals surface area contributed by atoms with Crippen LogP contribution in [0.5, 0.6) is 0 Å². The van der Waals surface area contributed by atoms with Crippen molar-refractivity contribution in [2.75, 3.05) is 18.2 Å². The van der Waals surface area contributed by atoms with E-state index in [2.05, 4.69) is 10.3 Å². The number of nitrogens with one attached hydrogen (secondary N) is 1. The molecule has 0 bridgehead atoms. The Morgan fingerprint density at radius 3 is 2.74 bits per heavy atom. The number of ether oxygens (including phenoxy) is 1. The number of halogens is 1. The van der Waals surface area contributed by atoms with Crippen molar-refractivity contribution in [3.63, 3.8) is 0 Å². The topological polar surface area (TPSA) is 103 Å². The predicted molar refractivity (Wildman–Crippen MR) is 131 cm³/mol. The maximum atomic E-state index is 13.3. The number of esters is 1. The lowest BCUT2D eigenvalue weighted by molar-refractivity contribution is -0.113. The molecule has 2 heterocycles. The molecule has 0 fully saturated rings. The van der Waals surface area contributed by atoms with Crippen LogP contribution in [-0.2, 0) is 16.1 Å². The van der Waals surface area contributed by atoms with Gasteiger partial charge in [0.25, 0.3) is 5.56 Å². The fourth-order valence-electron chi connectivity index (χ4n) is 3.25. The highest BCUT2D eigenvalue weighted by molar-refractivity contribution is 7.99. The number of anilines is 1. The first-order chi connectivity index (χ1) is 16.4. The third-order valence-electron chi connectivity index (χ3n) is 5.02. The largest absolute Gasteiger partial charge is 0.467 e. The molecule has 174 valence electrons. The van der Waals surface area contributed by atoms with Gasteiger partial charge in [0.05, 0.1) is 42.1 Å². The molecular formula is C24H20ClN3O5S. The van der Waals surface area contributed by atoms with Crippen LogP contribution in [0, 0.1) is 6.92 Å². The number of hydrogen-bond donors (Lipinski definition) is 1. The first-order valence-corrected chi connectivity index (χ1v) is 11.6. The minimum atomic E-state index is -0.534. The van der Waals surface area contributed by atoms with Gasteiger partial charge in [-0.3, -0.25) is 14.2 Å². The van der Waals surface area contributed by atoms with Gasteiger partial charge in [-0.2, -0.15) is 0 Å². The predicted octanol–water partition coefficient (Wildman–Crippen LogP) is 4.52. The van der Waals surface area contributed by atoms with Crippen molar-refractivity contribution in [1.29, 1.82) is 0 Å². The fraction of sp³-hybridized carbons (Fsp3) is 0.167. The van der Waals surface area contributed by atoms with Crippen LogP contribution in [0.15, 0.2) is 69.2 Å². The highest BCUT2D eigenvalue weighted by atomic mass is 35.5. The molecule has 1 N–H and O–H groups in total. The number of thioether (sulfide) groups is 1. The highest BCUT2D eigenvalue weighted by Gasteiger charge is 2.17. The van der Waals surface area contributed by atoms with Crippen LogP contribution in [0.4, 0.5) is 5.69 Å². The molecule has 1 amide bonds. The first-order valence-electron chi connectivity index (χ1n) is 10.2. The van der Waals surface area contributed by atoms with Crippen molar-refractivity contribution < 1.29 is 18.7 Å². The maximum absolute atomic E-state index is 13.3. The van der Waals surface area contributed by atoms with Gasteiger partial charge >= 0.3 is 5.97 Å². The molecule has 0 atom stereocenters. The Labute approximate surface area is 203 Å². The molecule has 0 unspecified atom stereocenters. The summed E-state index contributed by atoms with van der Waals surface area (Å²) in [4.78, 5) is 42.3. The number of methoxy groups -OCH3 is 1. The van der Waals surface area contributed by atoms with Gasteiger partial charge in [0.2, 0.25) is 5.91 Å². The van der Waals surface area contributed by atoms with Gasteiger partial charge in [-0.15, -0.1) is 0 Å². The van der Waals surface area contributed by atoms with Gasteiger partial charge in [0, 0.05) is 10.7 Å². The minimum Gasteiger partial charge on any atom is -0.467 e. The maximum Gasteiger partial charge on any atom is 0.337 e. The number of carbonyl (C=O) groups is 2. The van der Waals surface area contributed by atoms with E-state index in [1.165, 1.54) is 36.1 Å². The summed E-state index contributed by atoms with van der Waals surface area (Å²) in [6.45, 7) is 2.02. The summed E-state index contributed by atoms with van der Waals surface area (Å²) in [5.74, 6) is -0.255. The van der Waals surface area contributed by atoms with E-state index in [9.17, 15) is 14.4 Å². The summed E-state index contributed by atoms with van der Waals surface area (Å²) in [5, 5.41) is 3.99. The number of benzene rings is 2. The number of hydrogen-bond acceptors (Lipinski definition) is 7. The van der Waals surface area contributed by atoms with Gasteiger partial charge in [-0.1, -0.05) is 29.4 Å². The number of carbonyl (C=O) groups excluding carboxylic acids is 2. The van der Waals surface area contributed by atoms with Crippen LogP contribution >= 0.6 is 23.4 Å². The molecular weight excluding hydrogens is 478 g/mol. The van der Waals surface area contributed by atoms with Crippen LogP contribution < -0.4 is 10.9 Å². The quantitative estimate of drug-likeness (QED) is 0.227. The Bertz CT molecular complexity index is 1430. The molecule has 0 aliphatic rings. The zero-order valence-corrected chi connectivity index (χ0v) is 19.9. The van der Waals surface area contributed by atoms with E-state index in [1.807, 2.05) is 13.0 Å². The Hall–Kier alpha value is -3.56. The molecule has 0 radical (unpaired) electrons. The lowest BCUT2D eigenvalue weighted by Gasteiger charge is -2.13. The number of rotatable bonds is 7. The van der Waals surface area contributed by atoms with Crippen molar-refractivity contribution >= 4 is 51.8 Å². The molecule has 10 heteroatoms. The summed E-state index contributed by atoms with van der Waals surface area (Å²) >= 11 is 7.23. The monoisotopic (exact) mass is 497 g/mol. The average molecular weight is 498 g/mol. The molecule has 2 aromatic heterocycles. The lowest BCUT2D eigenvalue weighted by Crippen LogP contribution is -2.25. The summed E-state index contributed by atoms with van der Waals surface area (Å²) in [6, 6.07) is 13.3. The summed E-state index contributed by atoms with van der Waals surface area (Å²) in [7, 11) is 1.28. The van der Waals surface area contributed by atoms with Gasteiger partial charge in [0.15, 0.2) is 5.16 Å². The molecule has 0 aliphatic heterocycles. The van der Waals surface area contributed by atoms with Crippen molar-refractivity contribution in [2.24, 2.45) is 0 Å². The summed E-state index contributed by atoms with van der Waals surface area (Å²) in [5.41, 5.74) is 1.77. The normalized spacial score (nSPS) is 10.9. The number of aromatic nitrogens is 2. The Balaban J connectivity index is 1.65. The Kier molecular flexibility index (Phi) is 7.04. The molecule has 0 saturated heterocycles. The minimum absolute atomic E-state index is 0.00170. The van der Waals surface area contributed by atoms with E-state index < -0.39 is 5.97 Å². The standard InChI is InChI=1S/C24H20ClN3O5S/c1-14-5-7-16(11-19(14)25)26-21(29)13-34-24-27-20-10-15(23(31)32-2)6-8-18(20)22(30)28(24)12-17-4-3-9-33-17/h3-11H,12-13H2,1-2H3,(H,26,29). The average Bonchev–Trinajstić information content (AvgIpc) is 3.34. The third-order valence-corrected chi connectivity index (χ3v) is 6.41. The molecule has 0 saturated carbocycles. The van der Waals surface area contributed by atoms with E-state index >= 15 is 0 Å². The SMILES string of the molecule is COC(=O)c1ccc2c(=O)n(Cc3ccco3)c(SCC(=O)Nc3ccc(C)c(Cl)c3)nc2c1. The number of fused-ring (bicyclic) bond motifs is 1. The Morgan fingerprint density at radius 1 is 1.21 bits per heavy atom. The van der Waals surface area contributed by atoms with Crippen LogP contribution in [0.25, 0.3) is 10.9 Å². The van der Waals surface area contributed by atoms with E-state index in [-0.39, 0.29) is 29.3 Å². The molecule has 2 aromatic carbocycles. The zero-order chi connectivity index (χ0) is 24.2. The second-order valence-corrected chi connectivity index (χ2v) is 8.74. The lowest BCUT2D eigenvalue weighted by atomic mass is 10.1. The molecule has 8 nitrogen and oxygen atoms in total. The number of aryl methyl sites for hydroxylation is 1. The highest BCUT2D eigenvalue weighted by Crippen LogP contribution is 2.23. The third kappa shape index (κ3) is 5.16. The zero-order valence-electron chi connectivity index (χ0n) is 18.3. The van der Waals surface area contributed by atoms with E-state index in [1.54, 1.807) is 24.3 Å². The molecule has 0 aliphatic carbocycles.